The third kappa shape index (κ3) is 4.96. The quantitative estimate of drug-likeness (QED) is 0.851. The molecular formula is C15H20F2N2. The summed E-state index contributed by atoms with van der Waals surface area (Å²) in [4.78, 5) is 0. The summed E-state index contributed by atoms with van der Waals surface area (Å²) in [5, 5.41) is 11.7. The van der Waals surface area contributed by atoms with Crippen LogP contribution in [0.25, 0.3) is 0 Å². The van der Waals surface area contributed by atoms with Crippen molar-refractivity contribution in [2.75, 3.05) is 0 Å². The van der Waals surface area contributed by atoms with Gasteiger partial charge in [0.2, 0.25) is 0 Å². The fraction of sp³-hybridized carbons (Fsp3) is 0.533. The number of nitrogens with zero attached hydrogens (tertiary/aromatic N) is 1. The normalized spacial score (nSPS) is 12.5. The van der Waals surface area contributed by atoms with Gasteiger partial charge in [0.1, 0.15) is 11.6 Å². The first-order valence-electron chi connectivity index (χ1n) is 6.55. The number of nitriles is 1. The van der Waals surface area contributed by atoms with Gasteiger partial charge in [0, 0.05) is 18.2 Å². The van der Waals surface area contributed by atoms with Gasteiger partial charge in [-0.2, -0.15) is 5.26 Å². The minimum Gasteiger partial charge on any atom is -0.310 e. The molecule has 0 heterocycles. The molecule has 0 radical (unpaired) electrons. The van der Waals surface area contributed by atoms with Gasteiger partial charge < -0.3 is 5.32 Å². The molecule has 1 aromatic rings. The zero-order chi connectivity index (χ0) is 14.4. The second kappa shape index (κ2) is 7.20. The van der Waals surface area contributed by atoms with E-state index in [9.17, 15) is 8.78 Å². The van der Waals surface area contributed by atoms with Crippen LogP contribution in [-0.2, 0) is 6.54 Å². The monoisotopic (exact) mass is 266 g/mol. The van der Waals surface area contributed by atoms with Crippen molar-refractivity contribution in [3.05, 3.63) is 34.9 Å². The molecule has 0 saturated heterocycles. The molecule has 0 aromatic heterocycles. The molecule has 1 atom stereocenters. The van der Waals surface area contributed by atoms with Gasteiger partial charge >= 0.3 is 0 Å². The lowest BCUT2D eigenvalue weighted by Crippen LogP contribution is -2.26. The van der Waals surface area contributed by atoms with Crippen molar-refractivity contribution in [1.82, 2.24) is 5.32 Å². The van der Waals surface area contributed by atoms with Gasteiger partial charge in [-0.05, 0) is 37.8 Å². The summed E-state index contributed by atoms with van der Waals surface area (Å²) in [6.07, 6.45) is 2.05. The predicted molar refractivity (Wildman–Crippen MR) is 71.4 cm³/mol. The number of benzene rings is 1. The van der Waals surface area contributed by atoms with Gasteiger partial charge in [-0.1, -0.05) is 13.8 Å². The van der Waals surface area contributed by atoms with Crippen LogP contribution in [0, 0.1) is 28.9 Å². The number of halogens is 2. The Bertz CT molecular complexity index is 441. The molecule has 0 spiro atoms. The van der Waals surface area contributed by atoms with Crippen LogP contribution in [0.4, 0.5) is 8.78 Å². The Hall–Kier alpha value is -1.47. The van der Waals surface area contributed by atoms with E-state index in [0.717, 1.165) is 25.0 Å². The third-order valence-electron chi connectivity index (χ3n) is 3.07. The zero-order valence-corrected chi connectivity index (χ0v) is 11.6. The Labute approximate surface area is 113 Å². The molecule has 0 aliphatic heterocycles. The molecule has 104 valence electrons. The Kier molecular flexibility index (Phi) is 5.91. The van der Waals surface area contributed by atoms with Gasteiger partial charge in [0.05, 0.1) is 11.6 Å². The zero-order valence-electron chi connectivity index (χ0n) is 11.6. The number of hydrogen-bond donors (Lipinski definition) is 1. The average molecular weight is 266 g/mol. The van der Waals surface area contributed by atoms with Crippen molar-refractivity contribution < 1.29 is 8.78 Å². The fourth-order valence-corrected chi connectivity index (χ4v) is 1.80. The third-order valence-corrected chi connectivity index (χ3v) is 3.07. The Morgan fingerprint density at radius 2 is 1.74 bits per heavy atom. The van der Waals surface area contributed by atoms with Crippen LogP contribution in [0.1, 0.15) is 44.7 Å². The summed E-state index contributed by atoms with van der Waals surface area (Å²) < 4.78 is 27.3. The minimum atomic E-state index is -0.667. The molecule has 2 nitrogen and oxygen atoms in total. The summed E-state index contributed by atoms with van der Waals surface area (Å²) in [6.45, 7) is 6.43. The molecule has 19 heavy (non-hydrogen) atoms. The van der Waals surface area contributed by atoms with E-state index in [0.29, 0.717) is 5.92 Å². The van der Waals surface area contributed by atoms with E-state index in [1.54, 1.807) is 6.07 Å². The van der Waals surface area contributed by atoms with Crippen LogP contribution in [0.2, 0.25) is 0 Å². The summed E-state index contributed by atoms with van der Waals surface area (Å²) in [6, 6.07) is 4.08. The Balaban J connectivity index is 2.61. The highest BCUT2D eigenvalue weighted by molar-refractivity contribution is 5.34. The molecule has 0 fully saturated rings. The second-order valence-electron chi connectivity index (χ2n) is 5.28. The van der Waals surface area contributed by atoms with E-state index in [4.69, 9.17) is 5.26 Å². The lowest BCUT2D eigenvalue weighted by molar-refractivity contribution is 0.439. The maximum absolute atomic E-state index is 13.6. The molecule has 1 aromatic carbocycles. The molecule has 1 rings (SSSR count). The largest absolute Gasteiger partial charge is 0.310 e. The van der Waals surface area contributed by atoms with E-state index >= 15 is 0 Å². The predicted octanol–water partition coefficient (Wildman–Crippen LogP) is 3.75. The molecule has 4 heteroatoms. The maximum atomic E-state index is 13.6. The van der Waals surface area contributed by atoms with Gasteiger partial charge in [-0.15, -0.1) is 0 Å². The van der Waals surface area contributed by atoms with Gasteiger partial charge in [0.15, 0.2) is 0 Å². The number of rotatable bonds is 6. The van der Waals surface area contributed by atoms with E-state index in [1.165, 1.54) is 0 Å². The molecule has 0 amide bonds. The van der Waals surface area contributed by atoms with Crippen LogP contribution in [-0.4, -0.2) is 6.04 Å². The fourth-order valence-electron chi connectivity index (χ4n) is 1.80. The van der Waals surface area contributed by atoms with Gasteiger partial charge in [0.25, 0.3) is 0 Å². The van der Waals surface area contributed by atoms with Crippen LogP contribution >= 0.6 is 0 Å². The standard InChI is InChI=1S/C15H20F2N2/c1-10(2)4-5-11(3)19-9-13-14(16)6-12(8-18)7-15(13)17/h6-7,10-11,19H,4-5,9H2,1-3H3. The van der Waals surface area contributed by atoms with Crippen molar-refractivity contribution in [3.8, 4) is 6.07 Å². The van der Waals surface area contributed by atoms with E-state index in [2.05, 4.69) is 19.2 Å². The molecule has 0 aliphatic rings. The first kappa shape index (κ1) is 15.6. The summed E-state index contributed by atoms with van der Waals surface area (Å²) >= 11 is 0. The molecular weight excluding hydrogens is 246 g/mol. The Morgan fingerprint density at radius 1 is 1.16 bits per heavy atom. The van der Waals surface area contributed by atoms with E-state index in [1.807, 2.05) is 6.92 Å². The minimum absolute atomic E-state index is 0.00426. The highest BCUT2D eigenvalue weighted by atomic mass is 19.1. The van der Waals surface area contributed by atoms with Crippen LogP contribution < -0.4 is 5.32 Å². The number of nitrogens with one attached hydrogen (secondary N) is 1. The van der Waals surface area contributed by atoms with Crippen molar-refractivity contribution in [2.45, 2.75) is 46.2 Å². The lowest BCUT2D eigenvalue weighted by Gasteiger charge is -2.15. The van der Waals surface area contributed by atoms with Crippen LogP contribution in [0.3, 0.4) is 0 Å². The van der Waals surface area contributed by atoms with Crippen LogP contribution in [0.5, 0.6) is 0 Å². The average Bonchev–Trinajstić information content (AvgIpc) is 2.34. The van der Waals surface area contributed by atoms with E-state index < -0.39 is 11.6 Å². The second-order valence-corrected chi connectivity index (χ2v) is 5.28. The smallest absolute Gasteiger partial charge is 0.131 e. The SMILES string of the molecule is CC(C)CCC(C)NCc1c(F)cc(C#N)cc1F. The van der Waals surface area contributed by atoms with Crippen molar-refractivity contribution in [3.63, 3.8) is 0 Å². The summed E-state index contributed by atoms with van der Waals surface area (Å²) in [7, 11) is 0. The molecule has 0 aliphatic carbocycles. The van der Waals surface area contributed by atoms with Crippen molar-refractivity contribution >= 4 is 0 Å². The molecule has 0 saturated carbocycles. The highest BCUT2D eigenvalue weighted by Crippen LogP contribution is 2.15. The van der Waals surface area contributed by atoms with Gasteiger partial charge in [-0.25, -0.2) is 8.78 Å². The van der Waals surface area contributed by atoms with Gasteiger partial charge in [-0.3, -0.25) is 0 Å². The molecule has 1 N–H and O–H groups in total. The Morgan fingerprint density at radius 3 is 2.21 bits per heavy atom. The first-order valence-corrected chi connectivity index (χ1v) is 6.55. The first-order chi connectivity index (χ1) is 8.93. The number of hydrogen-bond acceptors (Lipinski definition) is 2. The van der Waals surface area contributed by atoms with Crippen LogP contribution in [0.15, 0.2) is 12.1 Å². The maximum Gasteiger partial charge on any atom is 0.131 e. The molecule has 0 bridgehead atoms. The topological polar surface area (TPSA) is 35.8 Å². The van der Waals surface area contributed by atoms with Crippen molar-refractivity contribution in [1.29, 1.82) is 5.26 Å². The molecule has 1 unspecified atom stereocenters. The lowest BCUT2D eigenvalue weighted by atomic mass is 10.0. The highest BCUT2D eigenvalue weighted by Gasteiger charge is 2.12. The summed E-state index contributed by atoms with van der Waals surface area (Å²) in [5.74, 6) is -0.715. The van der Waals surface area contributed by atoms with Crippen molar-refractivity contribution in [2.24, 2.45) is 5.92 Å². The summed E-state index contributed by atoms with van der Waals surface area (Å²) in [5.41, 5.74) is 0.00185. The van der Waals surface area contributed by atoms with E-state index in [-0.39, 0.29) is 23.7 Å².